The molecule has 8 nitrogen and oxygen atoms in total. The standard InChI is InChI=1S/C16H15N5O3/c1-19-14-8-11(10-17-18-12-6-4-3-5-7-12)13(21(23)24)9-15(14)20(2)16(19)22/h3-10,18H,1-2H3. The Hall–Kier alpha value is -3.42. The van der Waals surface area contributed by atoms with E-state index in [4.69, 9.17) is 0 Å². The number of para-hydroxylation sites is 1. The zero-order valence-electron chi connectivity index (χ0n) is 13.1. The predicted octanol–water partition coefficient (Wildman–Crippen LogP) is 2.23. The van der Waals surface area contributed by atoms with Gasteiger partial charge in [-0.3, -0.25) is 24.7 Å². The Kier molecular flexibility index (Phi) is 3.87. The minimum Gasteiger partial charge on any atom is -0.295 e. The summed E-state index contributed by atoms with van der Waals surface area (Å²) in [7, 11) is 3.21. The molecule has 0 radical (unpaired) electrons. The number of nitrogens with zero attached hydrogens (tertiary/aromatic N) is 4. The normalized spacial score (nSPS) is 11.2. The molecule has 0 fully saturated rings. The summed E-state index contributed by atoms with van der Waals surface area (Å²) in [5, 5.41) is 15.4. The Bertz CT molecular complexity index is 1000. The van der Waals surface area contributed by atoms with E-state index in [0.29, 0.717) is 16.6 Å². The number of nitro groups is 1. The second-order valence-corrected chi connectivity index (χ2v) is 5.29. The first-order valence-corrected chi connectivity index (χ1v) is 7.17. The van der Waals surface area contributed by atoms with Crippen molar-refractivity contribution in [2.24, 2.45) is 19.2 Å². The lowest BCUT2D eigenvalue weighted by atomic mass is 10.1. The van der Waals surface area contributed by atoms with Crippen LogP contribution in [0.25, 0.3) is 11.0 Å². The summed E-state index contributed by atoms with van der Waals surface area (Å²) in [6, 6.07) is 12.2. The predicted molar refractivity (Wildman–Crippen MR) is 92.5 cm³/mol. The maximum atomic E-state index is 12.0. The number of aryl methyl sites for hydroxylation is 2. The molecule has 1 aromatic heterocycles. The Morgan fingerprint density at radius 1 is 1.12 bits per heavy atom. The number of hydrazone groups is 1. The second-order valence-electron chi connectivity index (χ2n) is 5.29. The summed E-state index contributed by atoms with van der Waals surface area (Å²) < 4.78 is 2.83. The average Bonchev–Trinajstić information content (AvgIpc) is 2.79. The number of aromatic nitrogens is 2. The smallest absolute Gasteiger partial charge is 0.295 e. The van der Waals surface area contributed by atoms with E-state index in [-0.39, 0.29) is 11.4 Å². The van der Waals surface area contributed by atoms with Gasteiger partial charge in [0.15, 0.2) is 0 Å². The molecule has 1 heterocycles. The monoisotopic (exact) mass is 325 g/mol. The van der Waals surface area contributed by atoms with Crippen molar-refractivity contribution in [1.82, 2.24) is 9.13 Å². The van der Waals surface area contributed by atoms with E-state index >= 15 is 0 Å². The molecule has 122 valence electrons. The highest BCUT2D eigenvalue weighted by molar-refractivity contribution is 5.93. The molecule has 3 aromatic rings. The van der Waals surface area contributed by atoms with Crippen molar-refractivity contribution in [3.8, 4) is 0 Å². The number of nitrogens with one attached hydrogen (secondary N) is 1. The van der Waals surface area contributed by atoms with Crippen LogP contribution in [0.5, 0.6) is 0 Å². The average molecular weight is 325 g/mol. The van der Waals surface area contributed by atoms with Crippen LogP contribution in [0.15, 0.2) is 52.4 Å². The van der Waals surface area contributed by atoms with Crippen molar-refractivity contribution in [2.45, 2.75) is 0 Å². The third kappa shape index (κ3) is 2.65. The highest BCUT2D eigenvalue weighted by Gasteiger charge is 2.18. The molecular weight excluding hydrogens is 310 g/mol. The van der Waals surface area contributed by atoms with Crippen molar-refractivity contribution in [1.29, 1.82) is 0 Å². The van der Waals surface area contributed by atoms with E-state index in [1.807, 2.05) is 30.3 Å². The summed E-state index contributed by atoms with van der Waals surface area (Å²) in [5.41, 5.74) is 4.66. The van der Waals surface area contributed by atoms with E-state index in [9.17, 15) is 14.9 Å². The fourth-order valence-corrected chi connectivity index (χ4v) is 2.50. The minimum absolute atomic E-state index is 0.109. The fraction of sp³-hybridized carbons (Fsp3) is 0.125. The Morgan fingerprint density at radius 3 is 2.38 bits per heavy atom. The Morgan fingerprint density at radius 2 is 1.75 bits per heavy atom. The minimum atomic E-state index is -0.485. The number of rotatable bonds is 4. The molecule has 0 atom stereocenters. The van der Waals surface area contributed by atoms with Crippen LogP contribution < -0.4 is 11.1 Å². The first-order valence-electron chi connectivity index (χ1n) is 7.17. The van der Waals surface area contributed by atoms with Gasteiger partial charge in [-0.05, 0) is 18.2 Å². The molecule has 3 rings (SSSR count). The first kappa shape index (κ1) is 15.5. The summed E-state index contributed by atoms with van der Waals surface area (Å²) in [6.07, 6.45) is 1.38. The van der Waals surface area contributed by atoms with Gasteiger partial charge in [0.25, 0.3) is 5.69 Å². The van der Waals surface area contributed by atoms with Crippen LogP contribution in [-0.4, -0.2) is 20.3 Å². The summed E-state index contributed by atoms with van der Waals surface area (Å²) in [6.45, 7) is 0. The van der Waals surface area contributed by atoms with Gasteiger partial charge >= 0.3 is 5.69 Å². The number of nitro benzene ring substituents is 1. The molecule has 1 N–H and O–H groups in total. The molecule has 0 saturated heterocycles. The van der Waals surface area contributed by atoms with Gasteiger partial charge in [-0.25, -0.2) is 4.79 Å². The van der Waals surface area contributed by atoms with Crippen LogP contribution in [0.2, 0.25) is 0 Å². The van der Waals surface area contributed by atoms with E-state index in [1.54, 1.807) is 20.2 Å². The summed E-state index contributed by atoms with van der Waals surface area (Å²) >= 11 is 0. The zero-order chi connectivity index (χ0) is 17.3. The third-order valence-electron chi connectivity index (χ3n) is 3.79. The highest BCUT2D eigenvalue weighted by Crippen LogP contribution is 2.24. The zero-order valence-corrected chi connectivity index (χ0v) is 13.1. The molecule has 0 aliphatic rings. The van der Waals surface area contributed by atoms with Crippen molar-refractivity contribution >= 4 is 28.6 Å². The number of benzene rings is 2. The Balaban J connectivity index is 2.05. The number of hydrogen-bond donors (Lipinski definition) is 1. The lowest BCUT2D eigenvalue weighted by molar-refractivity contribution is -0.384. The number of hydrogen-bond acceptors (Lipinski definition) is 5. The highest BCUT2D eigenvalue weighted by atomic mass is 16.6. The van der Waals surface area contributed by atoms with E-state index in [0.717, 1.165) is 5.69 Å². The van der Waals surface area contributed by atoms with Gasteiger partial charge in [0.05, 0.1) is 33.4 Å². The van der Waals surface area contributed by atoms with E-state index in [1.165, 1.54) is 21.4 Å². The molecule has 8 heteroatoms. The van der Waals surface area contributed by atoms with Crippen molar-refractivity contribution < 1.29 is 4.92 Å². The third-order valence-corrected chi connectivity index (χ3v) is 3.79. The van der Waals surface area contributed by atoms with Gasteiger partial charge < -0.3 is 0 Å². The molecule has 0 aliphatic carbocycles. The molecule has 0 amide bonds. The number of imidazole rings is 1. The molecule has 0 spiro atoms. The molecule has 2 aromatic carbocycles. The maximum absolute atomic E-state index is 12.0. The lowest BCUT2D eigenvalue weighted by Gasteiger charge is -2.02. The lowest BCUT2D eigenvalue weighted by Crippen LogP contribution is -2.19. The first-order chi connectivity index (χ1) is 11.5. The van der Waals surface area contributed by atoms with Gasteiger partial charge in [0.2, 0.25) is 0 Å². The van der Waals surface area contributed by atoms with E-state index in [2.05, 4.69) is 10.5 Å². The van der Waals surface area contributed by atoms with Crippen LogP contribution in [0.1, 0.15) is 5.56 Å². The fourth-order valence-electron chi connectivity index (χ4n) is 2.50. The van der Waals surface area contributed by atoms with Crippen LogP contribution in [-0.2, 0) is 14.1 Å². The summed E-state index contributed by atoms with van der Waals surface area (Å²) in [4.78, 5) is 22.8. The van der Waals surface area contributed by atoms with Crippen molar-refractivity contribution in [2.75, 3.05) is 5.43 Å². The molecule has 0 aliphatic heterocycles. The Labute approximate surface area is 136 Å². The van der Waals surface area contributed by atoms with Crippen LogP contribution in [0.3, 0.4) is 0 Å². The molecule has 24 heavy (non-hydrogen) atoms. The van der Waals surface area contributed by atoms with Gasteiger partial charge in [0.1, 0.15) is 0 Å². The largest absolute Gasteiger partial charge is 0.328 e. The molecule has 0 saturated carbocycles. The van der Waals surface area contributed by atoms with Gasteiger partial charge in [-0.15, -0.1) is 0 Å². The molecule has 0 unspecified atom stereocenters. The van der Waals surface area contributed by atoms with Crippen molar-refractivity contribution in [3.05, 3.63) is 68.6 Å². The van der Waals surface area contributed by atoms with Gasteiger partial charge in [-0.2, -0.15) is 5.10 Å². The van der Waals surface area contributed by atoms with Gasteiger partial charge in [0, 0.05) is 20.2 Å². The second kappa shape index (κ2) is 5.99. The van der Waals surface area contributed by atoms with Crippen LogP contribution in [0, 0.1) is 10.1 Å². The summed E-state index contributed by atoms with van der Waals surface area (Å²) in [5.74, 6) is 0. The quantitative estimate of drug-likeness (QED) is 0.452. The maximum Gasteiger partial charge on any atom is 0.328 e. The van der Waals surface area contributed by atoms with Crippen LogP contribution >= 0.6 is 0 Å². The van der Waals surface area contributed by atoms with Gasteiger partial charge in [-0.1, -0.05) is 18.2 Å². The molecule has 0 bridgehead atoms. The molecular formula is C16H15N5O3. The van der Waals surface area contributed by atoms with E-state index < -0.39 is 4.92 Å². The van der Waals surface area contributed by atoms with Crippen LogP contribution in [0.4, 0.5) is 11.4 Å². The topological polar surface area (TPSA) is 94.5 Å². The SMILES string of the molecule is Cn1c(=O)n(C)c2cc([N+](=O)[O-])c(C=NNc3ccccc3)cc21. The number of fused-ring (bicyclic) bond motifs is 1. The number of anilines is 1. The van der Waals surface area contributed by atoms with Crippen molar-refractivity contribution in [3.63, 3.8) is 0 Å².